The number of aryl methyl sites for hydroxylation is 1. The van der Waals surface area contributed by atoms with Crippen LogP contribution in [0.4, 0.5) is 0 Å². The van der Waals surface area contributed by atoms with E-state index < -0.39 is 0 Å². The van der Waals surface area contributed by atoms with E-state index in [9.17, 15) is 4.79 Å². The number of Topliss-reactive ketones (excluding diaryl/α,β-unsaturated/α-hetero) is 1. The molecule has 1 aromatic rings. The number of hydrogen-bond donors (Lipinski definition) is 1. The zero-order valence-electron chi connectivity index (χ0n) is 8.82. The molecule has 1 aromatic carbocycles. The van der Waals surface area contributed by atoms with Crippen molar-refractivity contribution < 1.29 is 4.79 Å². The summed E-state index contributed by atoms with van der Waals surface area (Å²) in [5.41, 5.74) is 2.01. The second kappa shape index (κ2) is 4.81. The van der Waals surface area contributed by atoms with Crippen molar-refractivity contribution in [3.63, 3.8) is 0 Å². The number of carbonyl (C=O) groups excluding carboxylic acids is 1. The molecule has 3 heteroatoms. The number of benzene rings is 1. The Morgan fingerprint density at radius 1 is 1.40 bits per heavy atom. The maximum atomic E-state index is 12.0. The van der Waals surface area contributed by atoms with Crippen LogP contribution in [0.5, 0.6) is 0 Å². The fourth-order valence-corrected chi connectivity index (χ4v) is 2.59. The van der Waals surface area contributed by atoms with E-state index in [1.165, 1.54) is 5.56 Å². The Labute approximate surface area is 94.4 Å². The van der Waals surface area contributed by atoms with E-state index in [-0.39, 0.29) is 11.8 Å². The van der Waals surface area contributed by atoms with Crippen LogP contribution in [0.2, 0.25) is 0 Å². The molecule has 1 aliphatic heterocycles. The molecule has 1 saturated heterocycles. The Hall–Kier alpha value is -0.800. The van der Waals surface area contributed by atoms with Crippen LogP contribution in [0.1, 0.15) is 15.9 Å². The first-order chi connectivity index (χ1) is 7.27. The molecule has 0 saturated carbocycles. The maximum absolute atomic E-state index is 12.0. The van der Waals surface area contributed by atoms with Crippen LogP contribution in [-0.2, 0) is 0 Å². The van der Waals surface area contributed by atoms with Crippen molar-refractivity contribution in [3.8, 4) is 0 Å². The number of rotatable bonds is 2. The number of carbonyl (C=O) groups is 1. The van der Waals surface area contributed by atoms with Crippen molar-refractivity contribution in [1.82, 2.24) is 5.32 Å². The summed E-state index contributed by atoms with van der Waals surface area (Å²) in [6.45, 7) is 2.97. The molecule has 80 valence electrons. The largest absolute Gasteiger partial charge is 0.306 e. The summed E-state index contributed by atoms with van der Waals surface area (Å²) in [5, 5.41) is 3.26. The lowest BCUT2D eigenvalue weighted by Crippen LogP contribution is -2.43. The van der Waals surface area contributed by atoms with Gasteiger partial charge < -0.3 is 5.32 Å². The summed E-state index contributed by atoms with van der Waals surface area (Å²) in [6, 6.07) is 7.82. The third kappa shape index (κ3) is 2.61. The normalized spacial score (nSPS) is 21.3. The number of ketones is 1. The van der Waals surface area contributed by atoms with Gasteiger partial charge in [-0.2, -0.15) is 11.8 Å². The lowest BCUT2D eigenvalue weighted by atomic mass is 10.0. The molecule has 0 radical (unpaired) electrons. The van der Waals surface area contributed by atoms with Crippen LogP contribution >= 0.6 is 11.8 Å². The van der Waals surface area contributed by atoms with Gasteiger partial charge in [0.05, 0.1) is 6.04 Å². The summed E-state index contributed by atoms with van der Waals surface area (Å²) in [4.78, 5) is 12.0. The van der Waals surface area contributed by atoms with E-state index in [1.54, 1.807) is 0 Å². The topological polar surface area (TPSA) is 29.1 Å². The van der Waals surface area contributed by atoms with Gasteiger partial charge in [0.1, 0.15) is 0 Å². The van der Waals surface area contributed by atoms with E-state index in [1.807, 2.05) is 43.0 Å². The minimum Gasteiger partial charge on any atom is -0.306 e. The highest BCUT2D eigenvalue weighted by atomic mass is 32.2. The molecule has 0 bridgehead atoms. The average molecular weight is 221 g/mol. The van der Waals surface area contributed by atoms with E-state index >= 15 is 0 Å². The van der Waals surface area contributed by atoms with E-state index in [0.717, 1.165) is 23.6 Å². The van der Waals surface area contributed by atoms with Gasteiger partial charge in [-0.3, -0.25) is 4.79 Å². The highest BCUT2D eigenvalue weighted by Crippen LogP contribution is 2.13. The van der Waals surface area contributed by atoms with E-state index in [0.29, 0.717) is 0 Å². The minimum absolute atomic E-state index is 0.00598. The summed E-state index contributed by atoms with van der Waals surface area (Å²) in [7, 11) is 0. The quantitative estimate of drug-likeness (QED) is 0.773. The molecule has 2 rings (SSSR count). The van der Waals surface area contributed by atoms with Crippen LogP contribution in [0.15, 0.2) is 24.3 Å². The first-order valence-corrected chi connectivity index (χ1v) is 6.35. The zero-order chi connectivity index (χ0) is 10.7. The predicted molar refractivity (Wildman–Crippen MR) is 64.6 cm³/mol. The fourth-order valence-electron chi connectivity index (χ4n) is 1.65. The molecule has 0 aliphatic carbocycles. The van der Waals surface area contributed by atoms with Gasteiger partial charge in [0.25, 0.3) is 0 Å². The van der Waals surface area contributed by atoms with Gasteiger partial charge in [-0.05, 0) is 6.92 Å². The Bertz CT molecular complexity index is 341. The van der Waals surface area contributed by atoms with Crippen LogP contribution in [-0.4, -0.2) is 29.9 Å². The zero-order valence-corrected chi connectivity index (χ0v) is 9.64. The Morgan fingerprint density at radius 2 is 2.13 bits per heavy atom. The molecular formula is C12H15NOS. The lowest BCUT2D eigenvalue weighted by molar-refractivity contribution is 0.0953. The van der Waals surface area contributed by atoms with Gasteiger partial charge in [0.2, 0.25) is 0 Å². The molecule has 1 aliphatic rings. The summed E-state index contributed by atoms with van der Waals surface area (Å²) in [6.07, 6.45) is 0. The highest BCUT2D eigenvalue weighted by molar-refractivity contribution is 7.99. The van der Waals surface area contributed by atoms with Gasteiger partial charge >= 0.3 is 0 Å². The van der Waals surface area contributed by atoms with Crippen LogP contribution < -0.4 is 5.32 Å². The smallest absolute Gasteiger partial charge is 0.180 e. The molecule has 15 heavy (non-hydrogen) atoms. The van der Waals surface area contributed by atoms with Crippen molar-refractivity contribution in [3.05, 3.63) is 35.4 Å². The molecular weight excluding hydrogens is 206 g/mol. The maximum Gasteiger partial charge on any atom is 0.180 e. The number of nitrogens with one attached hydrogen (secondary N) is 1. The average Bonchev–Trinajstić information content (AvgIpc) is 2.30. The first kappa shape index (κ1) is 10.7. The highest BCUT2D eigenvalue weighted by Gasteiger charge is 2.21. The Balaban J connectivity index is 2.09. The molecule has 1 unspecified atom stereocenters. The molecule has 1 atom stereocenters. The van der Waals surface area contributed by atoms with Gasteiger partial charge in [-0.15, -0.1) is 0 Å². The van der Waals surface area contributed by atoms with Crippen molar-refractivity contribution in [2.45, 2.75) is 13.0 Å². The number of thioether (sulfide) groups is 1. The Morgan fingerprint density at radius 3 is 2.73 bits per heavy atom. The van der Waals surface area contributed by atoms with Gasteiger partial charge in [0.15, 0.2) is 5.78 Å². The van der Waals surface area contributed by atoms with E-state index in [4.69, 9.17) is 0 Å². The molecule has 0 spiro atoms. The molecule has 1 fully saturated rings. The third-order valence-corrected chi connectivity index (χ3v) is 3.64. The fraction of sp³-hybridized carbons (Fsp3) is 0.417. The van der Waals surface area contributed by atoms with Gasteiger partial charge in [0, 0.05) is 23.6 Å². The van der Waals surface area contributed by atoms with Crippen LogP contribution in [0.3, 0.4) is 0 Å². The lowest BCUT2D eigenvalue weighted by Gasteiger charge is -2.21. The Kier molecular flexibility index (Phi) is 3.44. The van der Waals surface area contributed by atoms with Gasteiger partial charge in [-0.1, -0.05) is 29.8 Å². The summed E-state index contributed by atoms with van der Waals surface area (Å²) < 4.78 is 0. The molecule has 0 aromatic heterocycles. The molecule has 1 N–H and O–H groups in total. The molecule has 1 heterocycles. The van der Waals surface area contributed by atoms with Crippen LogP contribution in [0.25, 0.3) is 0 Å². The van der Waals surface area contributed by atoms with Crippen molar-refractivity contribution in [1.29, 1.82) is 0 Å². The second-order valence-electron chi connectivity index (χ2n) is 3.81. The van der Waals surface area contributed by atoms with Crippen molar-refractivity contribution >= 4 is 17.5 Å². The van der Waals surface area contributed by atoms with Gasteiger partial charge in [-0.25, -0.2) is 0 Å². The van der Waals surface area contributed by atoms with Crippen LogP contribution in [0, 0.1) is 6.92 Å². The predicted octanol–water partition coefficient (Wildman–Crippen LogP) is 1.88. The summed E-state index contributed by atoms with van der Waals surface area (Å²) >= 11 is 1.85. The summed E-state index contributed by atoms with van der Waals surface area (Å²) in [5.74, 6) is 2.23. The number of hydrogen-bond acceptors (Lipinski definition) is 3. The van der Waals surface area contributed by atoms with Crippen molar-refractivity contribution in [2.75, 3.05) is 18.1 Å². The third-order valence-electron chi connectivity index (χ3n) is 2.57. The first-order valence-electron chi connectivity index (χ1n) is 5.19. The SMILES string of the molecule is Cc1ccc(C(=O)C2CSCCN2)cc1. The molecule has 2 nitrogen and oxygen atoms in total. The monoisotopic (exact) mass is 221 g/mol. The standard InChI is InChI=1S/C12H15NOS/c1-9-2-4-10(5-3-9)12(14)11-8-15-7-6-13-11/h2-5,11,13H,6-8H2,1H3. The van der Waals surface area contributed by atoms with E-state index in [2.05, 4.69) is 5.32 Å². The second-order valence-corrected chi connectivity index (χ2v) is 4.96. The van der Waals surface area contributed by atoms with Crippen molar-refractivity contribution in [2.24, 2.45) is 0 Å². The molecule has 0 amide bonds. The minimum atomic E-state index is 0.00598.